The Kier molecular flexibility index (Phi) is 6.73. The third-order valence-corrected chi connectivity index (χ3v) is 3.43. The summed E-state index contributed by atoms with van der Waals surface area (Å²) in [5.41, 5.74) is 7.94. The number of allylic oxidation sites excluding steroid dienone is 1. The number of anilines is 2. The first-order valence-electron chi connectivity index (χ1n) is 7.90. The maximum atomic E-state index is 12.0. The second-order valence-electron chi connectivity index (χ2n) is 5.51. The molecule has 0 aliphatic rings. The molecule has 0 saturated carbocycles. The highest BCUT2D eigenvalue weighted by molar-refractivity contribution is 5.92. The van der Waals surface area contributed by atoms with E-state index in [-0.39, 0.29) is 12.5 Å². The normalized spacial score (nSPS) is 11.2. The molecule has 8 heteroatoms. The molecule has 0 bridgehead atoms. The number of aliphatic imine (C=N–C) groups is 1. The lowest BCUT2D eigenvalue weighted by atomic mass is 10.1. The molecule has 0 radical (unpaired) electrons. The Morgan fingerprint density at radius 1 is 1.40 bits per heavy atom. The van der Waals surface area contributed by atoms with Crippen molar-refractivity contribution in [2.45, 2.75) is 19.3 Å². The zero-order chi connectivity index (χ0) is 18.1. The van der Waals surface area contributed by atoms with Crippen LogP contribution in [0.2, 0.25) is 0 Å². The fourth-order valence-electron chi connectivity index (χ4n) is 2.27. The molecule has 2 rings (SSSR count). The Morgan fingerprint density at radius 2 is 2.16 bits per heavy atom. The van der Waals surface area contributed by atoms with Gasteiger partial charge in [-0.1, -0.05) is 18.2 Å². The van der Waals surface area contributed by atoms with Gasteiger partial charge < -0.3 is 21.0 Å². The number of hydrogen-bond acceptors (Lipinski definition) is 6. The van der Waals surface area contributed by atoms with E-state index in [1.165, 1.54) is 5.01 Å². The molecule has 0 aliphatic carbocycles. The molecule has 1 aromatic heterocycles. The van der Waals surface area contributed by atoms with Crippen molar-refractivity contribution in [2.24, 2.45) is 10.8 Å². The molecule has 1 amide bonds. The molecule has 132 valence electrons. The van der Waals surface area contributed by atoms with E-state index in [1.807, 2.05) is 30.3 Å². The summed E-state index contributed by atoms with van der Waals surface area (Å²) >= 11 is 0. The number of hydrogen-bond donors (Lipinski definition) is 4. The van der Waals surface area contributed by atoms with E-state index < -0.39 is 0 Å². The van der Waals surface area contributed by atoms with Crippen LogP contribution in [0, 0.1) is 0 Å². The van der Waals surface area contributed by atoms with Gasteiger partial charge in [0.2, 0.25) is 5.91 Å². The first-order valence-corrected chi connectivity index (χ1v) is 7.90. The van der Waals surface area contributed by atoms with Gasteiger partial charge in [-0.05, 0) is 38.1 Å². The molecule has 0 spiro atoms. The van der Waals surface area contributed by atoms with E-state index in [0.717, 1.165) is 24.2 Å². The largest absolute Gasteiger partial charge is 0.369 e. The third-order valence-electron chi connectivity index (χ3n) is 3.43. The van der Waals surface area contributed by atoms with E-state index in [2.05, 4.69) is 27.0 Å². The van der Waals surface area contributed by atoms with E-state index in [9.17, 15) is 4.79 Å². The molecular formula is C17H23N7O. The van der Waals surface area contributed by atoms with Gasteiger partial charge in [0, 0.05) is 17.6 Å². The van der Waals surface area contributed by atoms with Crippen LogP contribution in [0.25, 0.3) is 0 Å². The Labute approximate surface area is 146 Å². The van der Waals surface area contributed by atoms with Crippen molar-refractivity contribution >= 4 is 24.3 Å². The number of nitrogens with one attached hydrogen (secondary N) is 2. The number of nitrogen functional groups attached to an aromatic ring is 1. The second-order valence-corrected chi connectivity index (χ2v) is 5.51. The minimum absolute atomic E-state index is 0.0188. The molecule has 0 aliphatic heterocycles. The lowest BCUT2D eigenvalue weighted by molar-refractivity contribution is -0.116. The smallest absolute Gasteiger partial charge is 0.245 e. The van der Waals surface area contributed by atoms with Crippen molar-refractivity contribution in [1.29, 1.82) is 0 Å². The van der Waals surface area contributed by atoms with Crippen LogP contribution in [0.3, 0.4) is 0 Å². The zero-order valence-electron chi connectivity index (χ0n) is 14.0. The summed E-state index contributed by atoms with van der Waals surface area (Å²) in [6.45, 7) is 3.57. The summed E-state index contributed by atoms with van der Waals surface area (Å²) in [6.07, 6.45) is 5.63. The molecule has 0 saturated heterocycles. The summed E-state index contributed by atoms with van der Waals surface area (Å²) in [5.74, 6) is 6.07. The van der Waals surface area contributed by atoms with Gasteiger partial charge >= 0.3 is 0 Å². The summed E-state index contributed by atoms with van der Waals surface area (Å²) in [7, 11) is 0. The number of nitrogens with two attached hydrogens (primary N) is 2. The maximum absolute atomic E-state index is 12.0. The molecule has 8 nitrogen and oxygen atoms in total. The maximum Gasteiger partial charge on any atom is 0.245 e. The number of carbonyl (C=O) groups is 1. The van der Waals surface area contributed by atoms with Gasteiger partial charge in [0.25, 0.3) is 0 Å². The molecule has 25 heavy (non-hydrogen) atoms. The number of aromatic nitrogens is 2. The number of nitrogens with zero attached hydrogens (tertiary/aromatic N) is 3. The van der Waals surface area contributed by atoms with Crippen LogP contribution in [0.4, 0.5) is 11.6 Å². The van der Waals surface area contributed by atoms with Gasteiger partial charge in [0.1, 0.15) is 6.54 Å². The van der Waals surface area contributed by atoms with Gasteiger partial charge in [-0.15, -0.1) is 0 Å². The molecule has 0 unspecified atom stereocenters. The Morgan fingerprint density at radius 3 is 2.80 bits per heavy atom. The van der Waals surface area contributed by atoms with Crippen LogP contribution in [0.1, 0.15) is 18.5 Å². The number of amides is 1. The number of carbonyl (C=O) groups excluding carboxylic acids is 1. The summed E-state index contributed by atoms with van der Waals surface area (Å²) in [5, 5.41) is 4.07. The van der Waals surface area contributed by atoms with E-state index >= 15 is 0 Å². The van der Waals surface area contributed by atoms with Gasteiger partial charge in [0.05, 0.1) is 11.9 Å². The summed E-state index contributed by atoms with van der Waals surface area (Å²) < 4.78 is 0. The number of aryl methyl sites for hydroxylation is 1. The van der Waals surface area contributed by atoms with Crippen molar-refractivity contribution in [3.05, 3.63) is 54.1 Å². The van der Waals surface area contributed by atoms with Crippen LogP contribution in [0.15, 0.2) is 53.4 Å². The third kappa shape index (κ3) is 6.48. The molecule has 1 heterocycles. The van der Waals surface area contributed by atoms with Gasteiger partial charge in [-0.25, -0.2) is 10.8 Å². The minimum Gasteiger partial charge on any atom is -0.369 e. The van der Waals surface area contributed by atoms with Crippen LogP contribution in [0.5, 0.6) is 0 Å². The predicted octanol–water partition coefficient (Wildman–Crippen LogP) is 1.67. The topological polar surface area (TPSA) is 125 Å². The van der Waals surface area contributed by atoms with Crippen LogP contribution >= 0.6 is 0 Å². The Bertz CT molecular complexity index is 724. The highest BCUT2D eigenvalue weighted by Crippen LogP contribution is 2.11. The van der Waals surface area contributed by atoms with Crippen molar-refractivity contribution in [3.63, 3.8) is 0 Å². The second kappa shape index (κ2) is 9.24. The zero-order valence-corrected chi connectivity index (χ0v) is 14.0. The van der Waals surface area contributed by atoms with Gasteiger partial charge in [-0.3, -0.25) is 9.79 Å². The molecular weight excluding hydrogens is 318 g/mol. The first-order chi connectivity index (χ1) is 12.1. The number of hydrazine groups is 1. The summed E-state index contributed by atoms with van der Waals surface area (Å²) in [6, 6.07) is 9.21. The van der Waals surface area contributed by atoms with E-state index in [1.54, 1.807) is 12.4 Å². The molecule has 2 aromatic rings. The number of benzene rings is 1. The average Bonchev–Trinajstić information content (AvgIpc) is 3.00. The van der Waals surface area contributed by atoms with E-state index in [4.69, 9.17) is 11.6 Å². The Hall–Kier alpha value is -3.13. The quantitative estimate of drug-likeness (QED) is 0.314. The lowest BCUT2D eigenvalue weighted by Crippen LogP contribution is -2.34. The van der Waals surface area contributed by atoms with Crippen molar-refractivity contribution in [3.8, 4) is 0 Å². The minimum atomic E-state index is -0.207. The number of rotatable bonds is 9. The van der Waals surface area contributed by atoms with Gasteiger partial charge in [-0.2, -0.15) is 0 Å². The Balaban J connectivity index is 1.79. The number of H-pyrrole nitrogens is 1. The van der Waals surface area contributed by atoms with Crippen LogP contribution in [-0.2, 0) is 11.2 Å². The standard InChI is InChI=1S/C17H23N7O/c1-20-15(9-5-8-14-10-21-17(18)23-14)11-24(19)12-16(25)22-13-6-3-2-4-7-13/h2-4,6-7,10-11H,1,5,8-9,12,19H2,(H,22,25)(H3,18,21,23)/b15-11-. The first kappa shape index (κ1) is 18.2. The van der Waals surface area contributed by atoms with Crippen LogP contribution in [-0.4, -0.2) is 34.1 Å². The molecule has 6 N–H and O–H groups in total. The van der Waals surface area contributed by atoms with Gasteiger partial charge in [0.15, 0.2) is 5.95 Å². The predicted molar refractivity (Wildman–Crippen MR) is 99.5 cm³/mol. The van der Waals surface area contributed by atoms with Crippen molar-refractivity contribution < 1.29 is 4.79 Å². The SMILES string of the molecule is C=N/C(=C\N(N)CC(=O)Nc1ccccc1)CCCc1cnc(N)[nH]1. The lowest BCUT2D eigenvalue weighted by Gasteiger charge is -2.15. The van der Waals surface area contributed by atoms with Crippen molar-refractivity contribution in [2.75, 3.05) is 17.6 Å². The fraction of sp³-hybridized carbons (Fsp3) is 0.235. The number of aromatic amines is 1. The monoisotopic (exact) mass is 341 g/mol. The molecule has 0 atom stereocenters. The number of para-hydroxylation sites is 1. The van der Waals surface area contributed by atoms with Crippen LogP contribution < -0.4 is 16.9 Å². The summed E-state index contributed by atoms with van der Waals surface area (Å²) in [4.78, 5) is 22.8. The highest BCUT2D eigenvalue weighted by Gasteiger charge is 2.06. The number of imidazole rings is 1. The average molecular weight is 341 g/mol. The fourth-order valence-corrected chi connectivity index (χ4v) is 2.27. The highest BCUT2D eigenvalue weighted by atomic mass is 16.2. The van der Waals surface area contributed by atoms with Crippen molar-refractivity contribution in [1.82, 2.24) is 15.0 Å². The molecule has 1 aromatic carbocycles. The van der Waals surface area contributed by atoms with E-state index in [0.29, 0.717) is 18.1 Å². The molecule has 0 fully saturated rings.